The Kier molecular flexibility index (Phi) is 7.22. The van der Waals surface area contributed by atoms with Gasteiger partial charge in [-0.3, -0.25) is 14.4 Å². The van der Waals surface area contributed by atoms with Gasteiger partial charge in [-0.25, -0.2) is 8.42 Å². The van der Waals surface area contributed by atoms with Gasteiger partial charge in [0.25, 0.3) is 15.9 Å². The molecule has 0 bridgehead atoms. The van der Waals surface area contributed by atoms with Crippen molar-refractivity contribution in [2.75, 3.05) is 32.5 Å². The quantitative estimate of drug-likeness (QED) is 0.511. The molecule has 0 saturated heterocycles. The second-order valence-corrected chi connectivity index (χ2v) is 9.19. The Balaban J connectivity index is 1.81. The molecule has 1 heterocycles. The lowest BCUT2D eigenvalue weighted by Gasteiger charge is -2.22. The minimum atomic E-state index is -3.98. The number of anilines is 1. The number of benzene rings is 2. The van der Waals surface area contributed by atoms with Crippen LogP contribution < -0.4 is 14.8 Å². The maximum atomic E-state index is 13.0. The molecular formula is C23H27N3O5S. The Morgan fingerprint density at radius 2 is 1.84 bits per heavy atom. The number of carbonyl (C=O) groups excluding carboxylic acids is 1. The van der Waals surface area contributed by atoms with Gasteiger partial charge in [-0.15, -0.1) is 0 Å². The van der Waals surface area contributed by atoms with E-state index in [-0.39, 0.29) is 28.8 Å². The van der Waals surface area contributed by atoms with E-state index in [9.17, 15) is 13.2 Å². The molecular weight excluding hydrogens is 430 g/mol. The number of rotatable bonds is 9. The number of hydrogen-bond donors (Lipinski definition) is 2. The highest BCUT2D eigenvalue weighted by atomic mass is 32.2. The SMILES string of the molecule is COc1ccc(C(=O)NCC(c2ccco2)N(C)C)cc1S(=O)(=O)Nc1ccc(C)cc1. The van der Waals surface area contributed by atoms with Gasteiger partial charge in [0.15, 0.2) is 0 Å². The van der Waals surface area contributed by atoms with E-state index in [0.29, 0.717) is 5.69 Å². The van der Waals surface area contributed by atoms with Crippen molar-refractivity contribution in [1.82, 2.24) is 10.2 Å². The van der Waals surface area contributed by atoms with Crippen LogP contribution in [0.25, 0.3) is 0 Å². The maximum Gasteiger partial charge on any atom is 0.265 e. The van der Waals surface area contributed by atoms with E-state index in [1.54, 1.807) is 36.6 Å². The molecule has 2 aromatic carbocycles. The zero-order valence-corrected chi connectivity index (χ0v) is 19.3. The Hall–Kier alpha value is -3.30. The lowest BCUT2D eigenvalue weighted by Crippen LogP contribution is -2.34. The number of carbonyl (C=O) groups is 1. The van der Waals surface area contributed by atoms with Crippen LogP contribution in [0.3, 0.4) is 0 Å². The summed E-state index contributed by atoms with van der Waals surface area (Å²) in [6, 6.07) is 14.7. The molecule has 32 heavy (non-hydrogen) atoms. The molecule has 0 radical (unpaired) electrons. The molecule has 1 amide bonds. The van der Waals surface area contributed by atoms with E-state index < -0.39 is 15.9 Å². The van der Waals surface area contributed by atoms with Gasteiger partial charge in [0.2, 0.25) is 0 Å². The summed E-state index contributed by atoms with van der Waals surface area (Å²) in [5, 5.41) is 2.84. The molecule has 170 valence electrons. The fourth-order valence-corrected chi connectivity index (χ4v) is 4.42. The number of hydrogen-bond acceptors (Lipinski definition) is 6. The summed E-state index contributed by atoms with van der Waals surface area (Å²) in [5.41, 5.74) is 1.63. The van der Waals surface area contributed by atoms with Crippen molar-refractivity contribution in [1.29, 1.82) is 0 Å². The zero-order valence-electron chi connectivity index (χ0n) is 18.5. The number of aryl methyl sites for hydroxylation is 1. The molecule has 8 nitrogen and oxygen atoms in total. The molecule has 1 aromatic heterocycles. The molecule has 0 aliphatic carbocycles. The third-order valence-corrected chi connectivity index (χ3v) is 6.37. The lowest BCUT2D eigenvalue weighted by molar-refractivity contribution is 0.0938. The van der Waals surface area contributed by atoms with E-state index in [2.05, 4.69) is 10.0 Å². The minimum Gasteiger partial charge on any atom is -0.495 e. The summed E-state index contributed by atoms with van der Waals surface area (Å²) >= 11 is 0. The first-order valence-electron chi connectivity index (χ1n) is 9.97. The average Bonchev–Trinajstić information content (AvgIpc) is 3.29. The Morgan fingerprint density at radius 3 is 2.44 bits per heavy atom. The molecule has 3 aromatic rings. The molecule has 9 heteroatoms. The predicted molar refractivity (Wildman–Crippen MR) is 122 cm³/mol. The first-order chi connectivity index (χ1) is 15.2. The number of nitrogens with one attached hydrogen (secondary N) is 2. The topological polar surface area (TPSA) is 101 Å². The zero-order chi connectivity index (χ0) is 23.3. The third-order valence-electron chi connectivity index (χ3n) is 4.97. The molecule has 3 rings (SSSR count). The maximum absolute atomic E-state index is 13.0. The van der Waals surface area contributed by atoms with Gasteiger partial charge in [0, 0.05) is 17.8 Å². The lowest BCUT2D eigenvalue weighted by atomic mass is 10.1. The second-order valence-electron chi connectivity index (χ2n) is 7.54. The predicted octanol–water partition coefficient (Wildman–Crippen LogP) is 3.43. The van der Waals surface area contributed by atoms with E-state index in [0.717, 1.165) is 11.3 Å². The van der Waals surface area contributed by atoms with Crippen LogP contribution in [0.4, 0.5) is 5.69 Å². The standard InChI is InChI=1S/C23H27N3O5S/c1-16-7-10-18(11-8-16)25-32(28,29)22-14-17(9-12-21(22)30-4)23(27)24-15-19(26(2)3)20-6-5-13-31-20/h5-14,19,25H,15H2,1-4H3,(H,24,27). The number of nitrogens with zero attached hydrogens (tertiary/aromatic N) is 1. The van der Waals surface area contributed by atoms with Crippen LogP contribution in [0.15, 0.2) is 70.2 Å². The summed E-state index contributed by atoms with van der Waals surface area (Å²) in [7, 11) is 1.16. The van der Waals surface area contributed by atoms with Gasteiger partial charge in [-0.05, 0) is 63.5 Å². The van der Waals surface area contributed by atoms with Crippen LogP contribution in [-0.2, 0) is 10.0 Å². The number of ether oxygens (including phenoxy) is 1. The van der Waals surface area contributed by atoms with E-state index >= 15 is 0 Å². The van der Waals surface area contributed by atoms with Gasteiger partial charge < -0.3 is 14.5 Å². The fraction of sp³-hybridized carbons (Fsp3) is 0.261. The smallest absolute Gasteiger partial charge is 0.265 e. The van der Waals surface area contributed by atoms with Gasteiger partial charge in [0.1, 0.15) is 16.4 Å². The Morgan fingerprint density at radius 1 is 1.12 bits per heavy atom. The molecule has 0 aliphatic heterocycles. The molecule has 1 atom stereocenters. The van der Waals surface area contributed by atoms with Crippen LogP contribution in [0, 0.1) is 6.92 Å². The summed E-state index contributed by atoms with van der Waals surface area (Å²) in [6.07, 6.45) is 1.58. The highest BCUT2D eigenvalue weighted by Crippen LogP contribution is 2.27. The normalized spacial score (nSPS) is 12.4. The molecule has 1 unspecified atom stereocenters. The Bertz CT molecular complexity index is 1160. The fourth-order valence-electron chi connectivity index (χ4n) is 3.17. The third kappa shape index (κ3) is 5.49. The van der Waals surface area contributed by atoms with Crippen LogP contribution in [0.1, 0.15) is 27.7 Å². The van der Waals surface area contributed by atoms with E-state index in [1.165, 1.54) is 25.3 Å². The number of methoxy groups -OCH3 is 1. The van der Waals surface area contributed by atoms with E-state index in [4.69, 9.17) is 9.15 Å². The van der Waals surface area contributed by atoms with Crippen LogP contribution in [0.2, 0.25) is 0 Å². The highest BCUT2D eigenvalue weighted by molar-refractivity contribution is 7.92. The molecule has 0 spiro atoms. The highest BCUT2D eigenvalue weighted by Gasteiger charge is 2.23. The van der Waals surface area contributed by atoms with E-state index in [1.807, 2.05) is 32.0 Å². The first-order valence-corrected chi connectivity index (χ1v) is 11.4. The molecule has 0 saturated carbocycles. The monoisotopic (exact) mass is 457 g/mol. The molecule has 0 fully saturated rings. The van der Waals surface area contributed by atoms with Crippen LogP contribution in [-0.4, -0.2) is 47.0 Å². The number of sulfonamides is 1. The molecule has 0 aliphatic rings. The van der Waals surface area contributed by atoms with Crippen molar-refractivity contribution in [3.8, 4) is 5.75 Å². The summed E-state index contributed by atoms with van der Waals surface area (Å²) < 4.78 is 39.2. The molecule has 2 N–H and O–H groups in total. The van der Waals surface area contributed by atoms with Crippen molar-refractivity contribution in [3.05, 3.63) is 77.7 Å². The van der Waals surface area contributed by atoms with Crippen molar-refractivity contribution in [3.63, 3.8) is 0 Å². The van der Waals surface area contributed by atoms with Gasteiger partial charge in [-0.1, -0.05) is 17.7 Å². The summed E-state index contributed by atoms with van der Waals surface area (Å²) in [4.78, 5) is 14.6. The van der Waals surface area contributed by atoms with Crippen molar-refractivity contribution >= 4 is 21.6 Å². The van der Waals surface area contributed by atoms with Gasteiger partial charge in [0.05, 0.1) is 19.4 Å². The van der Waals surface area contributed by atoms with Gasteiger partial charge >= 0.3 is 0 Å². The first kappa shape index (κ1) is 23.4. The number of amides is 1. The largest absolute Gasteiger partial charge is 0.495 e. The Labute approximate surface area is 188 Å². The van der Waals surface area contributed by atoms with Crippen LogP contribution >= 0.6 is 0 Å². The number of likely N-dealkylation sites (N-methyl/N-ethyl adjacent to an activating group) is 1. The number of furan rings is 1. The van der Waals surface area contributed by atoms with Crippen molar-refractivity contribution in [2.24, 2.45) is 0 Å². The van der Waals surface area contributed by atoms with Crippen LogP contribution in [0.5, 0.6) is 5.75 Å². The summed E-state index contributed by atoms with van der Waals surface area (Å²) in [5.74, 6) is 0.455. The average molecular weight is 458 g/mol. The minimum absolute atomic E-state index is 0.122. The van der Waals surface area contributed by atoms with Crippen molar-refractivity contribution < 1.29 is 22.4 Å². The van der Waals surface area contributed by atoms with Gasteiger partial charge in [-0.2, -0.15) is 0 Å². The second kappa shape index (κ2) is 9.88. The summed E-state index contributed by atoms with van der Waals surface area (Å²) in [6.45, 7) is 2.20. The van der Waals surface area contributed by atoms with Crippen molar-refractivity contribution in [2.45, 2.75) is 17.9 Å².